The van der Waals surface area contributed by atoms with Gasteiger partial charge in [0.05, 0.1) is 23.6 Å². The largest absolute Gasteiger partial charge is 0.369 e. The minimum atomic E-state index is -0.364. The van der Waals surface area contributed by atoms with Gasteiger partial charge in [-0.15, -0.1) is 23.1 Å². The van der Waals surface area contributed by atoms with Crippen molar-refractivity contribution in [2.45, 2.75) is 41.2 Å². The van der Waals surface area contributed by atoms with Crippen LogP contribution in [0.2, 0.25) is 0 Å². The van der Waals surface area contributed by atoms with Crippen LogP contribution in [-0.4, -0.2) is 34.3 Å². The number of anilines is 1. The predicted molar refractivity (Wildman–Crippen MR) is 109 cm³/mol. The van der Waals surface area contributed by atoms with Gasteiger partial charge in [0.1, 0.15) is 0 Å². The number of carbonyl (C=O) groups excluding carboxylic acids is 2. The molecule has 3 rings (SSSR count). The Morgan fingerprint density at radius 2 is 2.15 bits per heavy atom. The average Bonchev–Trinajstić information content (AvgIpc) is 2.83. The molecule has 1 aromatic heterocycles. The van der Waals surface area contributed by atoms with E-state index in [9.17, 15) is 9.59 Å². The van der Waals surface area contributed by atoms with Crippen LogP contribution in [0.4, 0.5) is 5.69 Å². The van der Waals surface area contributed by atoms with Crippen LogP contribution >= 0.6 is 34.9 Å². The van der Waals surface area contributed by atoms with Crippen LogP contribution in [0.5, 0.6) is 0 Å². The molecule has 8 heteroatoms. The second-order valence-corrected chi connectivity index (χ2v) is 9.94. The molecule has 5 nitrogen and oxygen atoms in total. The smallest absolute Gasteiger partial charge is 0.237 e. The van der Waals surface area contributed by atoms with Crippen molar-refractivity contribution in [3.8, 4) is 0 Å². The molecule has 138 valence electrons. The molecular weight excluding hydrogens is 386 g/mol. The van der Waals surface area contributed by atoms with Gasteiger partial charge >= 0.3 is 0 Å². The van der Waals surface area contributed by atoms with Crippen molar-refractivity contribution in [1.82, 2.24) is 4.98 Å². The molecule has 0 spiro atoms. The van der Waals surface area contributed by atoms with Crippen LogP contribution in [0.15, 0.2) is 33.5 Å². The number of hydrogen-bond acceptors (Lipinski definition) is 6. The van der Waals surface area contributed by atoms with Crippen LogP contribution in [0, 0.1) is 6.92 Å². The third-order valence-corrected chi connectivity index (χ3v) is 7.59. The zero-order valence-electron chi connectivity index (χ0n) is 14.7. The quantitative estimate of drug-likeness (QED) is 0.768. The van der Waals surface area contributed by atoms with E-state index in [1.165, 1.54) is 23.1 Å². The summed E-state index contributed by atoms with van der Waals surface area (Å²) in [6.07, 6.45) is 1.17. The standard InChI is InChI=1S/C18H21N3O2S3/c1-11-7-8-21(13-5-3-4-6-14(13)25-11)17(23)10-24-18-20-12(2)15(26-18)9-16(19)22/h3-6,11H,7-10H2,1-2H3,(H2,19,22)/t11-/m0/s1. The Bertz CT molecular complexity index is 822. The number of rotatable bonds is 5. The number of nitrogens with zero attached hydrogens (tertiary/aromatic N) is 2. The minimum Gasteiger partial charge on any atom is -0.369 e. The number of aromatic nitrogens is 1. The molecule has 0 radical (unpaired) electrons. The number of carbonyl (C=O) groups is 2. The Morgan fingerprint density at radius 1 is 1.38 bits per heavy atom. The summed E-state index contributed by atoms with van der Waals surface area (Å²) in [4.78, 5) is 32.3. The normalized spacial score (nSPS) is 16.8. The molecule has 2 aromatic rings. The molecule has 0 saturated carbocycles. The number of aryl methyl sites for hydroxylation is 1. The van der Waals surface area contributed by atoms with Crippen LogP contribution < -0.4 is 10.6 Å². The van der Waals surface area contributed by atoms with Gasteiger partial charge in [-0.1, -0.05) is 30.8 Å². The summed E-state index contributed by atoms with van der Waals surface area (Å²) in [5.74, 6) is 0.0507. The highest BCUT2D eigenvalue weighted by molar-refractivity contribution is 8.01. The highest BCUT2D eigenvalue weighted by atomic mass is 32.2. The summed E-state index contributed by atoms with van der Waals surface area (Å²) < 4.78 is 0.804. The lowest BCUT2D eigenvalue weighted by Gasteiger charge is -2.22. The van der Waals surface area contributed by atoms with Crippen LogP contribution in [-0.2, 0) is 16.0 Å². The first-order chi connectivity index (χ1) is 12.4. The van der Waals surface area contributed by atoms with Gasteiger partial charge in [-0.05, 0) is 25.5 Å². The molecule has 0 unspecified atom stereocenters. The highest BCUT2D eigenvalue weighted by Crippen LogP contribution is 2.38. The van der Waals surface area contributed by atoms with Crippen molar-refractivity contribution in [2.24, 2.45) is 5.73 Å². The fourth-order valence-corrected chi connectivity index (χ4v) is 5.97. The summed E-state index contributed by atoms with van der Waals surface area (Å²) in [6.45, 7) is 4.79. The monoisotopic (exact) mass is 407 g/mol. The Labute approximate surface area is 165 Å². The van der Waals surface area contributed by atoms with E-state index in [0.717, 1.165) is 38.5 Å². The van der Waals surface area contributed by atoms with Crippen molar-refractivity contribution in [3.63, 3.8) is 0 Å². The fourth-order valence-electron chi connectivity index (χ4n) is 2.73. The van der Waals surface area contributed by atoms with Crippen molar-refractivity contribution < 1.29 is 9.59 Å². The lowest BCUT2D eigenvalue weighted by Crippen LogP contribution is -2.33. The number of thioether (sulfide) groups is 2. The molecule has 2 heterocycles. The van der Waals surface area contributed by atoms with Gasteiger partial charge in [0, 0.05) is 21.6 Å². The van der Waals surface area contributed by atoms with E-state index >= 15 is 0 Å². The first-order valence-electron chi connectivity index (χ1n) is 8.37. The number of para-hydroxylation sites is 1. The summed E-state index contributed by atoms with van der Waals surface area (Å²) in [5, 5.41) is 0.486. The van der Waals surface area contributed by atoms with Gasteiger partial charge in [0.25, 0.3) is 0 Å². The lowest BCUT2D eigenvalue weighted by atomic mass is 10.2. The molecule has 1 aliphatic heterocycles. The molecule has 0 saturated heterocycles. The molecule has 1 aromatic carbocycles. The number of amides is 2. The third kappa shape index (κ3) is 4.61. The van der Waals surface area contributed by atoms with Crippen LogP contribution in [0.1, 0.15) is 23.9 Å². The predicted octanol–water partition coefficient (Wildman–Crippen LogP) is 3.49. The molecule has 0 aliphatic carbocycles. The highest BCUT2D eigenvalue weighted by Gasteiger charge is 2.24. The Kier molecular flexibility index (Phi) is 6.26. The van der Waals surface area contributed by atoms with Crippen LogP contribution in [0.3, 0.4) is 0 Å². The Balaban J connectivity index is 1.69. The maximum Gasteiger partial charge on any atom is 0.237 e. The van der Waals surface area contributed by atoms with E-state index < -0.39 is 0 Å². The lowest BCUT2D eigenvalue weighted by molar-refractivity contribution is -0.117. The zero-order chi connectivity index (χ0) is 18.7. The SMILES string of the molecule is Cc1nc(SCC(=O)N2CC[C@H](C)Sc3ccccc32)sc1CC(N)=O. The Hall–Kier alpha value is -1.51. The van der Waals surface area contributed by atoms with Crippen molar-refractivity contribution in [3.05, 3.63) is 34.8 Å². The van der Waals surface area contributed by atoms with Gasteiger partial charge < -0.3 is 10.6 Å². The number of primary amides is 1. The number of benzene rings is 1. The number of hydrogen-bond donors (Lipinski definition) is 1. The van der Waals surface area contributed by atoms with Gasteiger partial charge in [-0.2, -0.15) is 0 Å². The fraction of sp³-hybridized carbons (Fsp3) is 0.389. The van der Waals surface area contributed by atoms with E-state index in [0.29, 0.717) is 11.0 Å². The topological polar surface area (TPSA) is 76.3 Å². The molecule has 1 atom stereocenters. The van der Waals surface area contributed by atoms with E-state index in [2.05, 4.69) is 18.0 Å². The number of thiazole rings is 1. The molecule has 0 fully saturated rings. The van der Waals surface area contributed by atoms with Gasteiger partial charge in [0.2, 0.25) is 11.8 Å². The van der Waals surface area contributed by atoms with E-state index in [1.54, 1.807) is 0 Å². The number of nitrogens with two attached hydrogens (primary N) is 1. The van der Waals surface area contributed by atoms with E-state index in [1.807, 2.05) is 41.8 Å². The number of fused-ring (bicyclic) bond motifs is 1. The third-order valence-electron chi connectivity index (χ3n) is 4.07. The second-order valence-electron chi connectivity index (χ2n) is 6.15. The maximum atomic E-state index is 12.9. The molecule has 2 N–H and O–H groups in total. The second kappa shape index (κ2) is 8.45. The first kappa shape index (κ1) is 19.3. The van der Waals surface area contributed by atoms with Gasteiger partial charge in [-0.3, -0.25) is 9.59 Å². The summed E-state index contributed by atoms with van der Waals surface area (Å²) in [7, 11) is 0. The molecule has 0 bridgehead atoms. The van der Waals surface area contributed by atoms with Crippen molar-refractivity contribution in [2.75, 3.05) is 17.2 Å². The molecule has 1 aliphatic rings. The zero-order valence-corrected chi connectivity index (χ0v) is 17.2. The molecule has 2 amide bonds. The van der Waals surface area contributed by atoms with Gasteiger partial charge in [-0.25, -0.2) is 4.98 Å². The van der Waals surface area contributed by atoms with E-state index in [-0.39, 0.29) is 18.2 Å². The van der Waals surface area contributed by atoms with Crippen molar-refractivity contribution >= 4 is 52.4 Å². The van der Waals surface area contributed by atoms with Gasteiger partial charge in [0.15, 0.2) is 4.34 Å². The Morgan fingerprint density at radius 3 is 2.92 bits per heavy atom. The maximum absolute atomic E-state index is 12.9. The summed E-state index contributed by atoms with van der Waals surface area (Å²) in [6, 6.07) is 8.08. The summed E-state index contributed by atoms with van der Waals surface area (Å²) >= 11 is 4.69. The average molecular weight is 408 g/mol. The molecule has 26 heavy (non-hydrogen) atoms. The molecular formula is C18H21N3O2S3. The minimum absolute atomic E-state index is 0.0847. The summed E-state index contributed by atoms with van der Waals surface area (Å²) in [5.41, 5.74) is 7.08. The first-order valence-corrected chi connectivity index (χ1v) is 11.1. The van der Waals surface area contributed by atoms with Crippen molar-refractivity contribution in [1.29, 1.82) is 0 Å². The van der Waals surface area contributed by atoms with Crippen LogP contribution in [0.25, 0.3) is 0 Å². The van der Waals surface area contributed by atoms with E-state index in [4.69, 9.17) is 5.73 Å².